The van der Waals surface area contributed by atoms with Gasteiger partial charge in [0.15, 0.2) is 6.54 Å². The number of nitrogens with zero attached hydrogens (tertiary/aromatic N) is 2. The molecular weight excluding hydrogens is 352 g/mol. The highest BCUT2D eigenvalue weighted by Crippen LogP contribution is 2.17. The van der Waals surface area contributed by atoms with E-state index in [2.05, 4.69) is 10.4 Å². The monoisotopic (exact) mass is 379 g/mol. The number of likely N-dealkylation sites (N-methyl/N-ethyl adjacent to an activating group) is 1. The van der Waals surface area contributed by atoms with Gasteiger partial charge in [-0.05, 0) is 38.1 Å². The predicted molar refractivity (Wildman–Crippen MR) is 110 cm³/mol. The van der Waals surface area contributed by atoms with Crippen molar-refractivity contribution >= 4 is 11.7 Å². The minimum Gasteiger partial charge on any atom is -0.488 e. The summed E-state index contributed by atoms with van der Waals surface area (Å²) in [5.41, 5.74) is 2.96. The fourth-order valence-corrected chi connectivity index (χ4v) is 2.88. The highest BCUT2D eigenvalue weighted by Gasteiger charge is 2.14. The number of amides is 1. The second kappa shape index (κ2) is 9.19. The van der Waals surface area contributed by atoms with Crippen molar-refractivity contribution in [2.45, 2.75) is 13.8 Å². The van der Waals surface area contributed by atoms with Crippen LogP contribution in [0.1, 0.15) is 11.3 Å². The lowest BCUT2D eigenvalue weighted by Crippen LogP contribution is -3.10. The van der Waals surface area contributed by atoms with Gasteiger partial charge in [0.05, 0.1) is 18.4 Å². The van der Waals surface area contributed by atoms with E-state index in [9.17, 15) is 4.79 Å². The first kappa shape index (κ1) is 19.6. The fourth-order valence-electron chi connectivity index (χ4n) is 2.88. The van der Waals surface area contributed by atoms with Gasteiger partial charge in [0, 0.05) is 6.07 Å². The number of carbonyl (C=O) groups is 1. The molecule has 1 amide bonds. The third-order valence-electron chi connectivity index (χ3n) is 4.38. The van der Waals surface area contributed by atoms with Gasteiger partial charge < -0.3 is 15.0 Å². The molecule has 3 aromatic rings. The molecule has 0 radical (unpaired) electrons. The van der Waals surface area contributed by atoms with Crippen molar-refractivity contribution in [3.05, 3.63) is 71.9 Å². The zero-order valence-corrected chi connectivity index (χ0v) is 16.6. The Balaban J connectivity index is 1.54. The van der Waals surface area contributed by atoms with Gasteiger partial charge in [-0.25, -0.2) is 4.68 Å². The Morgan fingerprint density at radius 1 is 1.11 bits per heavy atom. The molecule has 1 aromatic heterocycles. The average Bonchev–Trinajstić information content (AvgIpc) is 3.03. The molecule has 2 aromatic carbocycles. The van der Waals surface area contributed by atoms with Crippen LogP contribution in [-0.2, 0) is 4.79 Å². The van der Waals surface area contributed by atoms with E-state index in [1.165, 1.54) is 5.56 Å². The van der Waals surface area contributed by atoms with E-state index in [1.807, 2.05) is 81.6 Å². The number of rotatable bonds is 8. The summed E-state index contributed by atoms with van der Waals surface area (Å²) in [4.78, 5) is 13.6. The molecular formula is C22H27N4O2+. The van der Waals surface area contributed by atoms with E-state index in [4.69, 9.17) is 4.74 Å². The number of aromatic nitrogens is 2. The molecule has 0 spiro atoms. The van der Waals surface area contributed by atoms with Crippen molar-refractivity contribution in [2.24, 2.45) is 0 Å². The van der Waals surface area contributed by atoms with Crippen molar-refractivity contribution in [3.8, 4) is 11.4 Å². The molecule has 0 saturated carbocycles. The lowest BCUT2D eigenvalue weighted by Gasteiger charge is -2.15. The second-order valence-corrected chi connectivity index (χ2v) is 7.01. The standard InChI is InChI=1S/C22H26N4O2/c1-17-9-11-19(12-10-17)26-21(15-18(2)24-26)23-22(27)16-25(3)13-14-28-20-7-5-4-6-8-20/h4-12,15H,13-14,16H2,1-3H3,(H,23,27)/p+1. The van der Waals surface area contributed by atoms with Crippen LogP contribution in [-0.4, -0.2) is 42.4 Å². The molecule has 146 valence electrons. The van der Waals surface area contributed by atoms with E-state index >= 15 is 0 Å². The summed E-state index contributed by atoms with van der Waals surface area (Å²) in [5, 5.41) is 7.48. The Kier molecular flexibility index (Phi) is 6.45. The first-order valence-corrected chi connectivity index (χ1v) is 9.44. The molecule has 0 saturated heterocycles. The van der Waals surface area contributed by atoms with Crippen LogP contribution in [0.3, 0.4) is 0 Å². The summed E-state index contributed by atoms with van der Waals surface area (Å²) < 4.78 is 7.46. The van der Waals surface area contributed by atoms with E-state index in [0.29, 0.717) is 19.0 Å². The summed E-state index contributed by atoms with van der Waals surface area (Å²) >= 11 is 0. The number of ether oxygens (including phenoxy) is 1. The number of aryl methyl sites for hydroxylation is 2. The highest BCUT2D eigenvalue weighted by atomic mass is 16.5. The third kappa shape index (κ3) is 5.44. The van der Waals surface area contributed by atoms with Crippen LogP contribution in [0.15, 0.2) is 60.7 Å². The van der Waals surface area contributed by atoms with Gasteiger partial charge in [-0.2, -0.15) is 5.10 Å². The van der Waals surface area contributed by atoms with E-state index < -0.39 is 0 Å². The Bertz CT molecular complexity index is 904. The number of anilines is 1. The largest absolute Gasteiger partial charge is 0.488 e. The molecule has 1 heterocycles. The van der Waals surface area contributed by atoms with Crippen molar-refractivity contribution in [1.82, 2.24) is 9.78 Å². The van der Waals surface area contributed by atoms with Crippen LogP contribution in [0.2, 0.25) is 0 Å². The highest BCUT2D eigenvalue weighted by molar-refractivity contribution is 5.91. The van der Waals surface area contributed by atoms with Gasteiger partial charge >= 0.3 is 0 Å². The normalized spacial score (nSPS) is 11.8. The number of quaternary nitrogens is 1. The Labute approximate surface area is 165 Å². The minimum absolute atomic E-state index is 0.0505. The molecule has 6 nitrogen and oxygen atoms in total. The number of nitrogens with one attached hydrogen (secondary N) is 2. The maximum absolute atomic E-state index is 12.5. The van der Waals surface area contributed by atoms with E-state index in [0.717, 1.165) is 28.6 Å². The average molecular weight is 379 g/mol. The van der Waals surface area contributed by atoms with Crippen molar-refractivity contribution in [3.63, 3.8) is 0 Å². The fraction of sp³-hybridized carbons (Fsp3) is 0.273. The van der Waals surface area contributed by atoms with Gasteiger partial charge in [-0.1, -0.05) is 35.9 Å². The second-order valence-electron chi connectivity index (χ2n) is 7.01. The van der Waals surface area contributed by atoms with Crippen molar-refractivity contribution < 1.29 is 14.4 Å². The van der Waals surface area contributed by atoms with Crippen LogP contribution in [0.5, 0.6) is 5.75 Å². The molecule has 1 unspecified atom stereocenters. The lowest BCUT2D eigenvalue weighted by atomic mass is 10.2. The van der Waals surface area contributed by atoms with Crippen molar-refractivity contribution in [1.29, 1.82) is 0 Å². The number of hydrogen-bond acceptors (Lipinski definition) is 3. The SMILES string of the molecule is Cc1ccc(-n2nc(C)cc2NC(=O)C[NH+](C)CCOc2ccccc2)cc1. The summed E-state index contributed by atoms with van der Waals surface area (Å²) in [6.45, 7) is 5.61. The number of para-hydroxylation sites is 1. The van der Waals surface area contributed by atoms with Crippen LogP contribution in [0, 0.1) is 13.8 Å². The van der Waals surface area contributed by atoms with Gasteiger partial charge in [0.2, 0.25) is 0 Å². The van der Waals surface area contributed by atoms with Gasteiger partial charge in [-0.15, -0.1) is 0 Å². The molecule has 0 aliphatic carbocycles. The zero-order chi connectivity index (χ0) is 19.9. The van der Waals surface area contributed by atoms with Crippen LogP contribution in [0.25, 0.3) is 5.69 Å². The molecule has 0 aliphatic heterocycles. The molecule has 3 rings (SSSR count). The smallest absolute Gasteiger partial charge is 0.280 e. The van der Waals surface area contributed by atoms with Gasteiger partial charge in [-0.3, -0.25) is 4.79 Å². The number of hydrogen-bond donors (Lipinski definition) is 2. The van der Waals surface area contributed by atoms with Crippen LogP contribution < -0.4 is 15.0 Å². The predicted octanol–water partition coefficient (Wildman–Crippen LogP) is 2.02. The first-order valence-electron chi connectivity index (χ1n) is 9.44. The molecule has 0 fully saturated rings. The van der Waals surface area contributed by atoms with Gasteiger partial charge in [0.1, 0.15) is 24.7 Å². The topological polar surface area (TPSA) is 60.6 Å². The van der Waals surface area contributed by atoms with Crippen molar-refractivity contribution in [2.75, 3.05) is 32.1 Å². The number of benzene rings is 2. The van der Waals surface area contributed by atoms with E-state index in [-0.39, 0.29) is 5.91 Å². The molecule has 1 atom stereocenters. The molecule has 0 bridgehead atoms. The summed E-state index contributed by atoms with van der Waals surface area (Å²) in [6, 6.07) is 19.6. The van der Waals surface area contributed by atoms with Crippen LogP contribution in [0.4, 0.5) is 5.82 Å². The maximum Gasteiger partial charge on any atom is 0.280 e. The Morgan fingerprint density at radius 2 is 1.82 bits per heavy atom. The third-order valence-corrected chi connectivity index (χ3v) is 4.38. The number of carbonyl (C=O) groups excluding carboxylic acids is 1. The molecule has 2 N–H and O–H groups in total. The van der Waals surface area contributed by atoms with Crippen LogP contribution >= 0.6 is 0 Å². The summed E-state index contributed by atoms with van der Waals surface area (Å²) in [6.07, 6.45) is 0. The summed E-state index contributed by atoms with van der Waals surface area (Å²) in [5.74, 6) is 1.47. The molecule has 0 aliphatic rings. The van der Waals surface area contributed by atoms with E-state index in [1.54, 1.807) is 4.68 Å². The quantitative estimate of drug-likeness (QED) is 0.630. The summed E-state index contributed by atoms with van der Waals surface area (Å²) in [7, 11) is 1.98. The lowest BCUT2D eigenvalue weighted by molar-refractivity contribution is -0.871. The maximum atomic E-state index is 12.5. The zero-order valence-electron chi connectivity index (χ0n) is 16.6. The minimum atomic E-state index is -0.0505. The molecule has 28 heavy (non-hydrogen) atoms. The molecule has 6 heteroatoms. The van der Waals surface area contributed by atoms with Gasteiger partial charge in [0.25, 0.3) is 5.91 Å². The first-order chi connectivity index (χ1) is 13.5. The Hall–Kier alpha value is -3.12. The Morgan fingerprint density at radius 3 is 2.54 bits per heavy atom.